The molecule has 2 aromatic rings. The Morgan fingerprint density at radius 2 is 2.26 bits per heavy atom. The summed E-state index contributed by atoms with van der Waals surface area (Å²) >= 11 is 3.14. The molecule has 0 radical (unpaired) electrons. The number of aromatic carboxylic acids is 1. The zero-order valence-corrected chi connectivity index (χ0v) is 12.7. The molecule has 2 aromatic heterocycles. The van der Waals surface area contributed by atoms with Crippen LogP contribution in [0.5, 0.6) is 0 Å². The van der Waals surface area contributed by atoms with Crippen molar-refractivity contribution in [3.05, 3.63) is 43.8 Å². The van der Waals surface area contributed by atoms with Crippen molar-refractivity contribution in [1.29, 1.82) is 0 Å². The molecule has 19 heavy (non-hydrogen) atoms. The van der Waals surface area contributed by atoms with Crippen molar-refractivity contribution in [2.24, 2.45) is 0 Å². The first-order valence-electron chi connectivity index (χ1n) is 6.10. The Hall–Kier alpha value is -1.17. The monoisotopic (exact) mass is 295 g/mol. The Labute approximate surface area is 121 Å². The summed E-state index contributed by atoms with van der Waals surface area (Å²) < 4.78 is 0. The van der Waals surface area contributed by atoms with E-state index in [1.165, 1.54) is 16.2 Å². The molecule has 2 heterocycles. The molecule has 0 atom stereocenters. The quantitative estimate of drug-likeness (QED) is 0.887. The summed E-state index contributed by atoms with van der Waals surface area (Å²) in [6, 6.07) is 6.02. The summed E-state index contributed by atoms with van der Waals surface area (Å²) in [7, 11) is 2.07. The summed E-state index contributed by atoms with van der Waals surface area (Å²) in [5.41, 5.74) is 1.12. The average molecular weight is 295 g/mol. The summed E-state index contributed by atoms with van der Waals surface area (Å²) in [6.45, 7) is 3.78. The second-order valence-corrected chi connectivity index (χ2v) is 6.85. The molecular formula is C14H17NO2S2. The number of hydrogen-bond donors (Lipinski definition) is 1. The van der Waals surface area contributed by atoms with Gasteiger partial charge in [0.1, 0.15) is 4.88 Å². The maximum atomic E-state index is 10.9. The third kappa shape index (κ3) is 3.89. The Morgan fingerprint density at radius 3 is 2.84 bits per heavy atom. The molecule has 0 saturated heterocycles. The molecule has 0 unspecified atom stereocenters. The maximum absolute atomic E-state index is 10.9. The van der Waals surface area contributed by atoms with Crippen LogP contribution in [0, 0.1) is 6.92 Å². The van der Waals surface area contributed by atoms with Gasteiger partial charge in [0.05, 0.1) is 0 Å². The summed E-state index contributed by atoms with van der Waals surface area (Å²) in [6.07, 6.45) is 1.04. The van der Waals surface area contributed by atoms with Crippen LogP contribution in [-0.4, -0.2) is 29.6 Å². The van der Waals surface area contributed by atoms with Crippen molar-refractivity contribution in [3.63, 3.8) is 0 Å². The first-order valence-corrected chi connectivity index (χ1v) is 7.79. The summed E-state index contributed by atoms with van der Waals surface area (Å²) in [4.78, 5) is 16.1. The molecule has 0 fully saturated rings. The Balaban J connectivity index is 1.91. The van der Waals surface area contributed by atoms with Gasteiger partial charge in [-0.3, -0.25) is 0 Å². The maximum Gasteiger partial charge on any atom is 0.345 e. The van der Waals surface area contributed by atoms with Crippen LogP contribution in [0.25, 0.3) is 0 Å². The molecule has 0 aromatic carbocycles. The van der Waals surface area contributed by atoms with Gasteiger partial charge in [-0.2, -0.15) is 0 Å². The lowest BCUT2D eigenvalue weighted by molar-refractivity contribution is 0.0702. The topological polar surface area (TPSA) is 40.5 Å². The molecular weight excluding hydrogens is 278 g/mol. The molecule has 0 aliphatic carbocycles. The van der Waals surface area contributed by atoms with Crippen molar-refractivity contribution in [3.8, 4) is 0 Å². The van der Waals surface area contributed by atoms with Crippen LogP contribution in [0.15, 0.2) is 23.6 Å². The largest absolute Gasteiger partial charge is 0.477 e. The van der Waals surface area contributed by atoms with Crippen molar-refractivity contribution >= 4 is 28.6 Å². The number of carboxylic acids is 1. The predicted molar refractivity (Wildman–Crippen MR) is 80.4 cm³/mol. The van der Waals surface area contributed by atoms with Crippen molar-refractivity contribution in [2.75, 3.05) is 13.6 Å². The van der Waals surface area contributed by atoms with E-state index in [1.54, 1.807) is 17.4 Å². The van der Waals surface area contributed by atoms with E-state index >= 15 is 0 Å². The average Bonchev–Trinajstić information content (AvgIpc) is 2.97. The Kier molecular flexibility index (Phi) is 4.74. The first kappa shape index (κ1) is 14.2. The SMILES string of the molecule is Cc1sc(C(=O)O)cc1CN(C)CCc1cccs1. The predicted octanol–water partition coefficient (Wildman–Crippen LogP) is 3.49. The van der Waals surface area contributed by atoms with Gasteiger partial charge in [0.2, 0.25) is 0 Å². The third-order valence-electron chi connectivity index (χ3n) is 2.99. The van der Waals surface area contributed by atoms with Gasteiger partial charge in [0.25, 0.3) is 0 Å². The highest BCUT2D eigenvalue weighted by Gasteiger charge is 2.12. The second kappa shape index (κ2) is 6.32. The normalized spacial score (nSPS) is 11.1. The smallest absolute Gasteiger partial charge is 0.345 e. The van der Waals surface area contributed by atoms with Crippen LogP contribution >= 0.6 is 22.7 Å². The molecule has 0 aliphatic rings. The molecule has 0 saturated carbocycles. The molecule has 0 bridgehead atoms. The molecule has 0 amide bonds. The fourth-order valence-electron chi connectivity index (χ4n) is 1.91. The summed E-state index contributed by atoms with van der Waals surface area (Å²) in [5, 5.41) is 11.1. The first-order chi connectivity index (χ1) is 9.06. The van der Waals surface area contributed by atoms with E-state index in [9.17, 15) is 4.79 Å². The number of aryl methyl sites for hydroxylation is 1. The minimum absolute atomic E-state index is 0.430. The minimum atomic E-state index is -0.833. The zero-order chi connectivity index (χ0) is 13.8. The van der Waals surface area contributed by atoms with E-state index in [4.69, 9.17) is 5.11 Å². The van der Waals surface area contributed by atoms with E-state index in [0.717, 1.165) is 30.0 Å². The highest BCUT2D eigenvalue weighted by molar-refractivity contribution is 7.14. The van der Waals surface area contributed by atoms with Gasteiger partial charge in [-0.1, -0.05) is 6.07 Å². The van der Waals surface area contributed by atoms with Gasteiger partial charge in [-0.25, -0.2) is 4.79 Å². The van der Waals surface area contributed by atoms with Crippen LogP contribution in [0.2, 0.25) is 0 Å². The highest BCUT2D eigenvalue weighted by atomic mass is 32.1. The van der Waals surface area contributed by atoms with Gasteiger partial charge in [0, 0.05) is 22.8 Å². The van der Waals surface area contributed by atoms with Gasteiger partial charge in [-0.05, 0) is 43.5 Å². The lowest BCUT2D eigenvalue weighted by atomic mass is 10.2. The fourth-order valence-corrected chi connectivity index (χ4v) is 3.48. The molecule has 2 rings (SSSR count). The summed E-state index contributed by atoms with van der Waals surface area (Å²) in [5.74, 6) is -0.833. The van der Waals surface area contributed by atoms with Crippen LogP contribution in [0.4, 0.5) is 0 Å². The van der Waals surface area contributed by atoms with Crippen molar-refractivity contribution < 1.29 is 9.90 Å². The lowest BCUT2D eigenvalue weighted by Gasteiger charge is -2.15. The number of thiophene rings is 2. The molecule has 5 heteroatoms. The Bertz CT molecular complexity index is 546. The van der Waals surface area contributed by atoms with E-state index in [2.05, 4.69) is 29.5 Å². The van der Waals surface area contributed by atoms with Gasteiger partial charge in [-0.15, -0.1) is 22.7 Å². The van der Waals surface area contributed by atoms with Crippen molar-refractivity contribution in [2.45, 2.75) is 19.9 Å². The van der Waals surface area contributed by atoms with E-state index in [0.29, 0.717) is 4.88 Å². The minimum Gasteiger partial charge on any atom is -0.477 e. The van der Waals surface area contributed by atoms with Gasteiger partial charge in [0.15, 0.2) is 0 Å². The number of hydrogen-bond acceptors (Lipinski definition) is 4. The number of rotatable bonds is 6. The van der Waals surface area contributed by atoms with E-state index < -0.39 is 5.97 Å². The standard InChI is InChI=1S/C14H17NO2S2/c1-10-11(8-13(19-10)14(16)17)9-15(2)6-5-12-4-3-7-18-12/h3-4,7-8H,5-6,9H2,1-2H3,(H,16,17). The Morgan fingerprint density at radius 1 is 1.47 bits per heavy atom. The van der Waals surface area contributed by atoms with E-state index in [1.807, 2.05) is 6.92 Å². The number of carboxylic acid groups (broad SMARTS) is 1. The second-order valence-electron chi connectivity index (χ2n) is 4.56. The number of carbonyl (C=O) groups is 1. The van der Waals surface area contributed by atoms with Gasteiger partial charge < -0.3 is 10.0 Å². The third-order valence-corrected chi connectivity index (χ3v) is 5.01. The molecule has 0 spiro atoms. The molecule has 0 aliphatic heterocycles. The van der Waals surface area contributed by atoms with Crippen molar-refractivity contribution in [1.82, 2.24) is 4.90 Å². The fraction of sp³-hybridized carbons (Fsp3) is 0.357. The zero-order valence-electron chi connectivity index (χ0n) is 11.0. The highest BCUT2D eigenvalue weighted by Crippen LogP contribution is 2.22. The van der Waals surface area contributed by atoms with E-state index in [-0.39, 0.29) is 0 Å². The number of nitrogens with zero attached hydrogens (tertiary/aromatic N) is 1. The van der Waals surface area contributed by atoms with Crippen LogP contribution in [-0.2, 0) is 13.0 Å². The lowest BCUT2D eigenvalue weighted by Crippen LogP contribution is -2.20. The number of likely N-dealkylation sites (N-methyl/N-ethyl adjacent to an activating group) is 1. The van der Waals surface area contributed by atoms with Gasteiger partial charge >= 0.3 is 5.97 Å². The van der Waals surface area contributed by atoms with Crippen LogP contribution in [0.3, 0.4) is 0 Å². The van der Waals surface area contributed by atoms with Crippen LogP contribution < -0.4 is 0 Å². The molecule has 3 nitrogen and oxygen atoms in total. The molecule has 102 valence electrons. The molecule has 1 N–H and O–H groups in total. The van der Waals surface area contributed by atoms with Crippen LogP contribution in [0.1, 0.15) is 25.0 Å².